The molecular weight excluding hydrogens is 286 g/mol. The SMILES string of the molecule is COc1cccc(CNC(=O)Nc2cccc([N+](=O)[O-])c2)c1. The molecule has 0 aliphatic carbocycles. The fourth-order valence-electron chi connectivity index (χ4n) is 1.84. The first-order valence-corrected chi connectivity index (χ1v) is 6.51. The van der Waals surface area contributed by atoms with Crippen LogP contribution in [0.1, 0.15) is 5.56 Å². The Morgan fingerprint density at radius 3 is 2.73 bits per heavy atom. The lowest BCUT2D eigenvalue weighted by molar-refractivity contribution is -0.384. The molecule has 2 N–H and O–H groups in total. The molecule has 22 heavy (non-hydrogen) atoms. The van der Waals surface area contributed by atoms with Gasteiger partial charge in [-0.05, 0) is 23.8 Å². The second-order valence-electron chi connectivity index (χ2n) is 4.47. The van der Waals surface area contributed by atoms with Crippen LogP contribution in [-0.4, -0.2) is 18.1 Å². The van der Waals surface area contributed by atoms with Gasteiger partial charge in [0.15, 0.2) is 0 Å². The maximum atomic E-state index is 11.8. The Kier molecular flexibility index (Phi) is 4.92. The number of methoxy groups -OCH3 is 1. The number of non-ortho nitro benzene ring substituents is 1. The predicted molar refractivity (Wildman–Crippen MR) is 81.9 cm³/mol. The van der Waals surface area contributed by atoms with E-state index < -0.39 is 11.0 Å². The molecule has 2 rings (SSSR count). The van der Waals surface area contributed by atoms with Gasteiger partial charge in [0.1, 0.15) is 5.75 Å². The van der Waals surface area contributed by atoms with Crippen LogP contribution in [0.3, 0.4) is 0 Å². The van der Waals surface area contributed by atoms with Gasteiger partial charge in [-0.15, -0.1) is 0 Å². The third-order valence-corrected chi connectivity index (χ3v) is 2.90. The Balaban J connectivity index is 1.92. The molecule has 0 aliphatic heterocycles. The van der Waals surface area contributed by atoms with E-state index in [-0.39, 0.29) is 5.69 Å². The third-order valence-electron chi connectivity index (χ3n) is 2.90. The fraction of sp³-hybridized carbons (Fsp3) is 0.133. The van der Waals surface area contributed by atoms with Crippen LogP contribution in [0.4, 0.5) is 16.2 Å². The lowest BCUT2D eigenvalue weighted by Crippen LogP contribution is -2.28. The molecule has 2 amide bonds. The standard InChI is InChI=1S/C15H15N3O4/c1-22-14-7-2-4-11(8-14)10-16-15(19)17-12-5-3-6-13(9-12)18(20)21/h2-9H,10H2,1H3,(H2,16,17,19). The molecule has 0 fully saturated rings. The van der Waals surface area contributed by atoms with E-state index in [4.69, 9.17) is 4.74 Å². The van der Waals surface area contributed by atoms with E-state index in [1.165, 1.54) is 18.2 Å². The Morgan fingerprint density at radius 1 is 1.23 bits per heavy atom. The van der Waals surface area contributed by atoms with Crippen LogP contribution < -0.4 is 15.4 Å². The van der Waals surface area contributed by atoms with Gasteiger partial charge in [-0.3, -0.25) is 10.1 Å². The zero-order valence-electron chi connectivity index (χ0n) is 11.9. The maximum absolute atomic E-state index is 11.8. The van der Waals surface area contributed by atoms with Crippen LogP contribution >= 0.6 is 0 Å². The van der Waals surface area contributed by atoms with E-state index in [9.17, 15) is 14.9 Å². The molecule has 0 saturated carbocycles. The number of anilines is 1. The summed E-state index contributed by atoms with van der Waals surface area (Å²) in [6.45, 7) is 0.317. The average molecular weight is 301 g/mol. The predicted octanol–water partition coefficient (Wildman–Crippen LogP) is 2.93. The minimum atomic E-state index is -0.515. The van der Waals surface area contributed by atoms with Crippen molar-refractivity contribution in [1.29, 1.82) is 0 Å². The number of benzene rings is 2. The van der Waals surface area contributed by atoms with Crippen LogP contribution in [0.5, 0.6) is 5.75 Å². The summed E-state index contributed by atoms with van der Waals surface area (Å²) in [6, 6.07) is 12.6. The van der Waals surface area contributed by atoms with Gasteiger partial charge in [-0.25, -0.2) is 4.79 Å². The van der Waals surface area contributed by atoms with Crippen molar-refractivity contribution in [3.63, 3.8) is 0 Å². The molecule has 0 radical (unpaired) electrons. The number of carbonyl (C=O) groups is 1. The summed E-state index contributed by atoms with van der Waals surface area (Å²) in [4.78, 5) is 22.0. The number of amides is 2. The smallest absolute Gasteiger partial charge is 0.319 e. The van der Waals surface area contributed by atoms with Crippen molar-refractivity contribution in [3.05, 3.63) is 64.2 Å². The van der Waals surface area contributed by atoms with E-state index in [0.29, 0.717) is 18.0 Å². The lowest BCUT2D eigenvalue weighted by atomic mass is 10.2. The van der Waals surface area contributed by atoms with Crippen molar-refractivity contribution in [1.82, 2.24) is 5.32 Å². The van der Waals surface area contributed by atoms with E-state index >= 15 is 0 Å². The Morgan fingerprint density at radius 2 is 2.00 bits per heavy atom. The van der Waals surface area contributed by atoms with Crippen LogP contribution in [0.2, 0.25) is 0 Å². The molecule has 0 spiro atoms. The van der Waals surface area contributed by atoms with Gasteiger partial charge in [-0.2, -0.15) is 0 Å². The quantitative estimate of drug-likeness (QED) is 0.656. The molecule has 2 aromatic carbocycles. The molecule has 2 aromatic rings. The van der Waals surface area contributed by atoms with E-state index in [1.54, 1.807) is 13.2 Å². The molecule has 114 valence electrons. The Bertz CT molecular complexity index is 688. The normalized spacial score (nSPS) is 9.86. The van der Waals surface area contributed by atoms with E-state index in [0.717, 1.165) is 5.56 Å². The number of nitrogens with one attached hydrogen (secondary N) is 2. The van der Waals surface area contributed by atoms with Crippen LogP contribution in [-0.2, 0) is 6.54 Å². The second kappa shape index (κ2) is 7.07. The minimum absolute atomic E-state index is 0.0782. The highest BCUT2D eigenvalue weighted by atomic mass is 16.6. The highest BCUT2D eigenvalue weighted by Gasteiger charge is 2.08. The summed E-state index contributed by atoms with van der Waals surface area (Å²) >= 11 is 0. The van der Waals surface area contributed by atoms with Gasteiger partial charge in [0, 0.05) is 24.4 Å². The second-order valence-corrected chi connectivity index (χ2v) is 4.47. The van der Waals surface area contributed by atoms with Crippen molar-refractivity contribution in [2.24, 2.45) is 0 Å². The van der Waals surface area contributed by atoms with Gasteiger partial charge in [0.05, 0.1) is 12.0 Å². The van der Waals surface area contributed by atoms with Crippen molar-refractivity contribution in [2.45, 2.75) is 6.54 Å². The summed E-state index contributed by atoms with van der Waals surface area (Å²) in [5.41, 5.74) is 1.16. The zero-order valence-corrected chi connectivity index (χ0v) is 11.9. The molecule has 7 nitrogen and oxygen atoms in total. The van der Waals surface area contributed by atoms with Crippen molar-refractivity contribution in [3.8, 4) is 5.75 Å². The monoisotopic (exact) mass is 301 g/mol. The Hall–Kier alpha value is -3.09. The molecule has 0 heterocycles. The molecule has 0 saturated heterocycles. The minimum Gasteiger partial charge on any atom is -0.497 e. The van der Waals surface area contributed by atoms with Crippen LogP contribution in [0.25, 0.3) is 0 Å². The maximum Gasteiger partial charge on any atom is 0.319 e. The number of nitrogens with zero attached hydrogens (tertiary/aromatic N) is 1. The number of hydrogen-bond acceptors (Lipinski definition) is 4. The fourth-order valence-corrected chi connectivity index (χ4v) is 1.84. The highest BCUT2D eigenvalue weighted by Crippen LogP contribution is 2.17. The highest BCUT2D eigenvalue weighted by molar-refractivity contribution is 5.89. The third kappa shape index (κ3) is 4.20. The number of nitro benzene ring substituents is 1. The van der Waals surface area contributed by atoms with Crippen LogP contribution in [0.15, 0.2) is 48.5 Å². The number of ether oxygens (including phenoxy) is 1. The number of rotatable bonds is 5. The summed E-state index contributed by atoms with van der Waals surface area (Å²) in [5.74, 6) is 0.707. The van der Waals surface area contributed by atoms with Crippen molar-refractivity contribution < 1.29 is 14.5 Å². The molecule has 0 bridgehead atoms. The molecule has 0 aromatic heterocycles. The summed E-state index contributed by atoms with van der Waals surface area (Å²) < 4.78 is 5.10. The topological polar surface area (TPSA) is 93.5 Å². The van der Waals surface area contributed by atoms with Crippen LogP contribution in [0, 0.1) is 10.1 Å². The van der Waals surface area contributed by atoms with E-state index in [2.05, 4.69) is 10.6 Å². The first-order valence-electron chi connectivity index (χ1n) is 6.51. The molecule has 0 atom stereocenters. The molecular formula is C15H15N3O4. The first kappa shape index (κ1) is 15.3. The molecule has 0 unspecified atom stereocenters. The number of hydrogen-bond donors (Lipinski definition) is 2. The molecule has 7 heteroatoms. The average Bonchev–Trinajstić information content (AvgIpc) is 2.53. The van der Waals surface area contributed by atoms with Crippen molar-refractivity contribution in [2.75, 3.05) is 12.4 Å². The summed E-state index contributed by atoms with van der Waals surface area (Å²) in [6.07, 6.45) is 0. The Labute approximate surface area is 127 Å². The lowest BCUT2D eigenvalue weighted by Gasteiger charge is -2.08. The van der Waals surface area contributed by atoms with Gasteiger partial charge >= 0.3 is 6.03 Å². The van der Waals surface area contributed by atoms with E-state index in [1.807, 2.05) is 24.3 Å². The number of urea groups is 1. The van der Waals surface area contributed by atoms with Gasteiger partial charge in [0.2, 0.25) is 0 Å². The summed E-state index contributed by atoms with van der Waals surface area (Å²) in [5, 5.41) is 15.9. The summed E-state index contributed by atoms with van der Waals surface area (Å²) in [7, 11) is 1.57. The van der Waals surface area contributed by atoms with Gasteiger partial charge in [0.25, 0.3) is 5.69 Å². The van der Waals surface area contributed by atoms with Crippen molar-refractivity contribution >= 4 is 17.4 Å². The largest absolute Gasteiger partial charge is 0.497 e. The number of carbonyl (C=O) groups excluding carboxylic acids is 1. The van der Waals surface area contributed by atoms with Gasteiger partial charge in [-0.1, -0.05) is 18.2 Å². The zero-order chi connectivity index (χ0) is 15.9. The number of nitro groups is 1. The molecule has 0 aliphatic rings. The van der Waals surface area contributed by atoms with Gasteiger partial charge < -0.3 is 15.4 Å². The first-order chi connectivity index (χ1) is 10.6.